The molecular formula is C15H20N2OS. The second-order valence-corrected chi connectivity index (χ2v) is 6.02. The van der Waals surface area contributed by atoms with Crippen molar-refractivity contribution in [3.63, 3.8) is 0 Å². The van der Waals surface area contributed by atoms with Crippen LogP contribution < -0.4 is 15.4 Å². The normalized spacial score (nSPS) is 28.2. The van der Waals surface area contributed by atoms with Crippen molar-refractivity contribution in [3.05, 3.63) is 24.3 Å². The first-order chi connectivity index (χ1) is 9.24. The Morgan fingerprint density at radius 3 is 2.58 bits per heavy atom. The summed E-state index contributed by atoms with van der Waals surface area (Å²) in [6, 6.07) is 8.41. The van der Waals surface area contributed by atoms with Gasteiger partial charge in [0.1, 0.15) is 5.75 Å². The Morgan fingerprint density at radius 1 is 1.21 bits per heavy atom. The topological polar surface area (TPSA) is 33.3 Å². The predicted octanol–water partition coefficient (Wildman–Crippen LogP) is 3.17. The molecule has 1 aromatic carbocycles. The van der Waals surface area contributed by atoms with E-state index in [4.69, 9.17) is 17.0 Å². The lowest BCUT2D eigenvalue weighted by atomic mass is 9.96. The molecule has 0 amide bonds. The summed E-state index contributed by atoms with van der Waals surface area (Å²) in [5, 5.41) is 7.46. The highest BCUT2D eigenvalue weighted by Gasteiger charge is 2.39. The Bertz CT molecular complexity index is 460. The fourth-order valence-electron chi connectivity index (χ4n) is 3.43. The highest BCUT2D eigenvalue weighted by molar-refractivity contribution is 7.80. The van der Waals surface area contributed by atoms with Gasteiger partial charge in [-0.05, 0) is 67.6 Å². The molecule has 0 radical (unpaired) electrons. The van der Waals surface area contributed by atoms with E-state index in [1.54, 1.807) is 7.11 Å². The molecule has 2 aliphatic rings. The fraction of sp³-hybridized carbons (Fsp3) is 0.533. The van der Waals surface area contributed by atoms with Crippen LogP contribution in [-0.4, -0.2) is 18.3 Å². The molecule has 2 aliphatic carbocycles. The van der Waals surface area contributed by atoms with Crippen LogP contribution in [0, 0.1) is 11.8 Å². The van der Waals surface area contributed by atoms with Gasteiger partial charge >= 0.3 is 0 Å². The maximum Gasteiger partial charge on any atom is 0.171 e. The zero-order chi connectivity index (χ0) is 13.2. The smallest absolute Gasteiger partial charge is 0.171 e. The lowest BCUT2D eigenvalue weighted by Crippen LogP contribution is -2.40. The molecule has 0 aromatic heterocycles. The van der Waals surface area contributed by atoms with Gasteiger partial charge in [0.2, 0.25) is 0 Å². The van der Waals surface area contributed by atoms with Crippen molar-refractivity contribution < 1.29 is 4.74 Å². The summed E-state index contributed by atoms with van der Waals surface area (Å²) in [6.45, 7) is 0. The molecule has 0 unspecified atom stereocenters. The number of nitrogens with one attached hydrogen (secondary N) is 2. The van der Waals surface area contributed by atoms with E-state index in [0.29, 0.717) is 6.04 Å². The molecule has 0 saturated heterocycles. The summed E-state index contributed by atoms with van der Waals surface area (Å²) < 4.78 is 5.14. The molecule has 1 aromatic rings. The van der Waals surface area contributed by atoms with E-state index in [2.05, 4.69) is 10.6 Å². The summed E-state index contributed by atoms with van der Waals surface area (Å²) in [5.74, 6) is 2.63. The van der Waals surface area contributed by atoms with Crippen LogP contribution in [0.15, 0.2) is 24.3 Å². The second-order valence-electron chi connectivity index (χ2n) is 5.61. The Morgan fingerprint density at radius 2 is 2.00 bits per heavy atom. The Hall–Kier alpha value is -1.29. The van der Waals surface area contributed by atoms with Gasteiger partial charge in [-0.15, -0.1) is 0 Å². The maximum atomic E-state index is 5.40. The molecule has 3 rings (SSSR count). The van der Waals surface area contributed by atoms with Crippen LogP contribution in [0.25, 0.3) is 0 Å². The molecular weight excluding hydrogens is 256 g/mol. The van der Waals surface area contributed by atoms with E-state index in [-0.39, 0.29) is 0 Å². The van der Waals surface area contributed by atoms with Gasteiger partial charge in [-0.1, -0.05) is 6.42 Å². The molecule has 102 valence electrons. The average molecular weight is 276 g/mol. The molecule has 0 spiro atoms. The Labute approximate surface area is 119 Å². The second kappa shape index (κ2) is 5.37. The number of methoxy groups -OCH3 is 1. The first kappa shape index (κ1) is 12.7. The standard InChI is InChI=1S/C15H20N2OS/c1-18-13-6-4-12(5-7-13)16-15(19)17-14-9-10-2-3-11(14)8-10/h4-7,10-11,14H,2-3,8-9H2,1H3,(H2,16,17,19)/t10-,11-,14-/m0/s1. The quantitative estimate of drug-likeness (QED) is 0.831. The lowest BCUT2D eigenvalue weighted by Gasteiger charge is -2.24. The largest absolute Gasteiger partial charge is 0.497 e. The van der Waals surface area contributed by atoms with Crippen molar-refractivity contribution >= 4 is 23.0 Å². The van der Waals surface area contributed by atoms with Crippen molar-refractivity contribution in [1.29, 1.82) is 0 Å². The van der Waals surface area contributed by atoms with Gasteiger partial charge in [-0.2, -0.15) is 0 Å². The zero-order valence-corrected chi connectivity index (χ0v) is 12.0. The van der Waals surface area contributed by atoms with Crippen LogP contribution in [0.2, 0.25) is 0 Å². The number of thiocarbonyl (C=S) groups is 1. The van der Waals surface area contributed by atoms with E-state index in [1.807, 2.05) is 24.3 Å². The molecule has 0 aliphatic heterocycles. The number of ether oxygens (including phenoxy) is 1. The van der Waals surface area contributed by atoms with Gasteiger partial charge in [-0.25, -0.2) is 0 Å². The molecule has 2 bridgehead atoms. The summed E-state index contributed by atoms with van der Waals surface area (Å²) in [5.41, 5.74) is 1.00. The summed E-state index contributed by atoms with van der Waals surface area (Å²) in [7, 11) is 1.67. The number of fused-ring (bicyclic) bond motifs is 2. The molecule has 3 atom stereocenters. The SMILES string of the molecule is COc1ccc(NC(=S)N[C@H]2C[C@H]3CC[C@H]2C3)cc1. The van der Waals surface area contributed by atoms with E-state index in [9.17, 15) is 0 Å². The highest BCUT2D eigenvalue weighted by atomic mass is 32.1. The molecule has 2 saturated carbocycles. The van der Waals surface area contributed by atoms with Crippen LogP contribution in [0.4, 0.5) is 5.69 Å². The van der Waals surface area contributed by atoms with Crippen LogP contribution in [0.1, 0.15) is 25.7 Å². The maximum absolute atomic E-state index is 5.40. The number of hydrogen-bond donors (Lipinski definition) is 2. The number of benzene rings is 1. The third kappa shape index (κ3) is 2.84. The van der Waals surface area contributed by atoms with Crippen LogP contribution in [0.3, 0.4) is 0 Å². The summed E-state index contributed by atoms with van der Waals surface area (Å²) in [6.07, 6.45) is 5.47. The molecule has 19 heavy (non-hydrogen) atoms. The minimum Gasteiger partial charge on any atom is -0.497 e. The molecule has 2 fully saturated rings. The molecule has 4 heteroatoms. The number of anilines is 1. The van der Waals surface area contributed by atoms with Gasteiger partial charge < -0.3 is 15.4 Å². The van der Waals surface area contributed by atoms with Crippen molar-refractivity contribution in [2.75, 3.05) is 12.4 Å². The Kier molecular flexibility index (Phi) is 3.60. The van der Waals surface area contributed by atoms with Crippen molar-refractivity contribution in [2.24, 2.45) is 11.8 Å². The zero-order valence-electron chi connectivity index (χ0n) is 11.2. The van der Waals surface area contributed by atoms with Crippen molar-refractivity contribution in [1.82, 2.24) is 5.32 Å². The van der Waals surface area contributed by atoms with Gasteiger partial charge in [-0.3, -0.25) is 0 Å². The van der Waals surface area contributed by atoms with Crippen molar-refractivity contribution in [3.8, 4) is 5.75 Å². The van der Waals surface area contributed by atoms with Gasteiger partial charge in [0.15, 0.2) is 5.11 Å². The molecule has 3 nitrogen and oxygen atoms in total. The monoisotopic (exact) mass is 276 g/mol. The van der Waals surface area contributed by atoms with E-state index < -0.39 is 0 Å². The minimum absolute atomic E-state index is 0.581. The van der Waals surface area contributed by atoms with Gasteiger partial charge in [0.25, 0.3) is 0 Å². The lowest BCUT2D eigenvalue weighted by molar-refractivity contribution is 0.392. The number of hydrogen-bond acceptors (Lipinski definition) is 2. The van der Waals surface area contributed by atoms with Crippen LogP contribution in [-0.2, 0) is 0 Å². The van der Waals surface area contributed by atoms with E-state index in [1.165, 1.54) is 25.7 Å². The summed E-state index contributed by atoms with van der Waals surface area (Å²) in [4.78, 5) is 0. The third-order valence-corrected chi connectivity index (χ3v) is 4.62. The van der Waals surface area contributed by atoms with Crippen LogP contribution in [0.5, 0.6) is 5.75 Å². The molecule has 0 heterocycles. The molecule has 2 N–H and O–H groups in total. The third-order valence-electron chi connectivity index (χ3n) is 4.40. The minimum atomic E-state index is 0.581. The van der Waals surface area contributed by atoms with Crippen molar-refractivity contribution in [2.45, 2.75) is 31.7 Å². The first-order valence-corrected chi connectivity index (χ1v) is 7.37. The Balaban J connectivity index is 1.53. The van der Waals surface area contributed by atoms with Gasteiger partial charge in [0, 0.05) is 11.7 Å². The van der Waals surface area contributed by atoms with E-state index in [0.717, 1.165) is 28.4 Å². The fourth-order valence-corrected chi connectivity index (χ4v) is 3.70. The predicted molar refractivity (Wildman–Crippen MR) is 81.6 cm³/mol. The summed E-state index contributed by atoms with van der Waals surface area (Å²) >= 11 is 5.40. The first-order valence-electron chi connectivity index (χ1n) is 6.96. The van der Waals surface area contributed by atoms with E-state index >= 15 is 0 Å². The number of rotatable bonds is 3. The van der Waals surface area contributed by atoms with Gasteiger partial charge in [0.05, 0.1) is 7.11 Å². The van der Waals surface area contributed by atoms with Crippen LogP contribution >= 0.6 is 12.2 Å². The highest BCUT2D eigenvalue weighted by Crippen LogP contribution is 2.44. The average Bonchev–Trinajstić information content (AvgIpc) is 3.02.